The second-order valence-corrected chi connectivity index (χ2v) is 3.09. The summed E-state index contributed by atoms with van der Waals surface area (Å²) in [5.74, 6) is 0. The van der Waals surface area contributed by atoms with Crippen LogP contribution >= 0.6 is 0 Å². The van der Waals surface area contributed by atoms with Crippen LogP contribution in [0.3, 0.4) is 0 Å². The Kier molecular flexibility index (Phi) is 4.97. The van der Waals surface area contributed by atoms with Crippen LogP contribution in [0.15, 0.2) is 42.5 Å². The summed E-state index contributed by atoms with van der Waals surface area (Å²) in [4.78, 5) is 0. The third-order valence-electron chi connectivity index (χ3n) is 1.81. The van der Waals surface area contributed by atoms with Crippen LogP contribution in [-0.4, -0.2) is 17.8 Å². The number of hydrogen-bond acceptors (Lipinski definition) is 2. The summed E-state index contributed by atoms with van der Waals surface area (Å²) in [5.41, 5.74) is 1.13. The van der Waals surface area contributed by atoms with Gasteiger partial charge in [-0.15, -0.1) is 0 Å². The van der Waals surface area contributed by atoms with Crippen molar-refractivity contribution in [3.63, 3.8) is 0 Å². The van der Waals surface area contributed by atoms with Gasteiger partial charge in [-0.1, -0.05) is 42.5 Å². The zero-order chi connectivity index (χ0) is 10.2. The molecule has 0 aliphatic rings. The predicted octanol–water partition coefficient (Wildman–Crippen LogP) is 2.14. The van der Waals surface area contributed by atoms with Crippen LogP contribution in [0.2, 0.25) is 0 Å². The molecule has 1 aromatic rings. The minimum absolute atomic E-state index is 0.346. The van der Waals surface area contributed by atoms with E-state index in [1.165, 1.54) is 0 Å². The topological polar surface area (TPSA) is 29.5 Å². The molecule has 1 N–H and O–H groups in total. The van der Waals surface area contributed by atoms with Crippen LogP contribution in [0.5, 0.6) is 0 Å². The highest BCUT2D eigenvalue weighted by atomic mass is 16.5. The Bertz CT molecular complexity index is 267. The molecule has 1 atom stereocenters. The van der Waals surface area contributed by atoms with Gasteiger partial charge in [-0.25, -0.2) is 0 Å². The molecular formula is C12H16O2. The molecule has 76 valence electrons. The minimum Gasteiger partial charge on any atom is -0.387 e. The van der Waals surface area contributed by atoms with Crippen LogP contribution in [-0.2, 0) is 11.3 Å². The van der Waals surface area contributed by atoms with Gasteiger partial charge in [0.15, 0.2) is 0 Å². The Balaban J connectivity index is 2.22. The molecule has 0 fully saturated rings. The summed E-state index contributed by atoms with van der Waals surface area (Å²) in [5, 5.41) is 9.32. The minimum atomic E-state index is -0.497. The van der Waals surface area contributed by atoms with Gasteiger partial charge < -0.3 is 9.84 Å². The van der Waals surface area contributed by atoms with E-state index in [-0.39, 0.29) is 0 Å². The van der Waals surface area contributed by atoms with Crippen LogP contribution in [0, 0.1) is 0 Å². The van der Waals surface area contributed by atoms with E-state index in [0.717, 1.165) is 5.56 Å². The van der Waals surface area contributed by atoms with Crippen molar-refractivity contribution < 1.29 is 9.84 Å². The van der Waals surface area contributed by atoms with Gasteiger partial charge in [-0.3, -0.25) is 0 Å². The number of ether oxygens (including phenoxy) is 1. The Morgan fingerprint density at radius 2 is 2.07 bits per heavy atom. The third-order valence-corrected chi connectivity index (χ3v) is 1.81. The predicted molar refractivity (Wildman–Crippen MR) is 56.9 cm³/mol. The molecule has 2 nitrogen and oxygen atoms in total. The fourth-order valence-electron chi connectivity index (χ4n) is 1.15. The quantitative estimate of drug-likeness (QED) is 0.724. The Hall–Kier alpha value is -1.12. The second-order valence-electron chi connectivity index (χ2n) is 3.09. The number of hydrogen-bond donors (Lipinski definition) is 1. The maximum atomic E-state index is 9.32. The summed E-state index contributed by atoms with van der Waals surface area (Å²) in [6, 6.07) is 9.92. The number of allylic oxidation sites excluding steroid dienone is 1. The molecule has 2 heteroatoms. The van der Waals surface area contributed by atoms with E-state index >= 15 is 0 Å². The van der Waals surface area contributed by atoms with E-state index in [1.54, 1.807) is 6.08 Å². The average molecular weight is 192 g/mol. The molecule has 0 amide bonds. The zero-order valence-electron chi connectivity index (χ0n) is 8.39. The molecule has 0 saturated heterocycles. The summed E-state index contributed by atoms with van der Waals surface area (Å²) < 4.78 is 5.33. The summed E-state index contributed by atoms with van der Waals surface area (Å²) in [6.45, 7) is 2.77. The lowest BCUT2D eigenvalue weighted by Gasteiger charge is -2.06. The fraction of sp³-hybridized carbons (Fsp3) is 0.333. The van der Waals surface area contributed by atoms with Crippen molar-refractivity contribution >= 4 is 0 Å². The highest BCUT2D eigenvalue weighted by Gasteiger charge is 1.98. The van der Waals surface area contributed by atoms with Gasteiger partial charge in [0, 0.05) is 0 Å². The lowest BCUT2D eigenvalue weighted by molar-refractivity contribution is 0.0503. The number of aliphatic hydroxyl groups is 1. The molecular weight excluding hydrogens is 176 g/mol. The molecule has 0 aromatic heterocycles. The Labute approximate surface area is 84.8 Å². The lowest BCUT2D eigenvalue weighted by Crippen LogP contribution is -2.11. The van der Waals surface area contributed by atoms with E-state index in [1.807, 2.05) is 43.3 Å². The molecule has 0 radical (unpaired) electrons. The summed E-state index contributed by atoms with van der Waals surface area (Å²) in [7, 11) is 0. The van der Waals surface area contributed by atoms with Crippen LogP contribution in [0.25, 0.3) is 0 Å². The largest absolute Gasteiger partial charge is 0.387 e. The Morgan fingerprint density at radius 3 is 2.71 bits per heavy atom. The smallest absolute Gasteiger partial charge is 0.0954 e. The molecule has 0 aliphatic carbocycles. The number of aliphatic hydroxyl groups excluding tert-OH is 1. The van der Waals surface area contributed by atoms with Gasteiger partial charge in [-0.2, -0.15) is 0 Å². The van der Waals surface area contributed by atoms with Gasteiger partial charge in [0.2, 0.25) is 0 Å². The van der Waals surface area contributed by atoms with E-state index < -0.39 is 6.10 Å². The van der Waals surface area contributed by atoms with Crippen molar-refractivity contribution in [2.75, 3.05) is 6.61 Å². The highest BCUT2D eigenvalue weighted by Crippen LogP contribution is 2.01. The third kappa shape index (κ3) is 4.21. The van der Waals surface area contributed by atoms with E-state index in [9.17, 15) is 5.11 Å². The normalized spacial score (nSPS) is 13.3. The molecule has 0 aliphatic heterocycles. The van der Waals surface area contributed by atoms with Crippen molar-refractivity contribution in [2.45, 2.75) is 19.6 Å². The van der Waals surface area contributed by atoms with E-state index in [0.29, 0.717) is 13.2 Å². The van der Waals surface area contributed by atoms with Crippen molar-refractivity contribution in [2.24, 2.45) is 0 Å². The molecule has 0 unspecified atom stereocenters. The molecule has 1 aromatic carbocycles. The first-order valence-corrected chi connectivity index (χ1v) is 4.75. The first kappa shape index (κ1) is 11.0. The first-order valence-electron chi connectivity index (χ1n) is 4.75. The monoisotopic (exact) mass is 192 g/mol. The SMILES string of the molecule is C/C=C\[C@@H](O)COCc1ccccc1. The van der Waals surface area contributed by atoms with Crippen molar-refractivity contribution in [1.82, 2.24) is 0 Å². The van der Waals surface area contributed by atoms with Gasteiger partial charge in [0.25, 0.3) is 0 Å². The van der Waals surface area contributed by atoms with Gasteiger partial charge >= 0.3 is 0 Å². The van der Waals surface area contributed by atoms with Crippen molar-refractivity contribution in [3.8, 4) is 0 Å². The summed E-state index contributed by atoms with van der Waals surface area (Å²) in [6.07, 6.45) is 3.03. The molecule has 14 heavy (non-hydrogen) atoms. The van der Waals surface area contributed by atoms with Crippen LogP contribution in [0.1, 0.15) is 12.5 Å². The number of rotatable bonds is 5. The maximum Gasteiger partial charge on any atom is 0.0954 e. The van der Waals surface area contributed by atoms with E-state index in [2.05, 4.69) is 0 Å². The first-order chi connectivity index (χ1) is 6.83. The zero-order valence-corrected chi connectivity index (χ0v) is 8.39. The van der Waals surface area contributed by atoms with Crippen LogP contribution < -0.4 is 0 Å². The second kappa shape index (κ2) is 6.35. The fourth-order valence-corrected chi connectivity index (χ4v) is 1.15. The van der Waals surface area contributed by atoms with Crippen molar-refractivity contribution in [3.05, 3.63) is 48.0 Å². The maximum absolute atomic E-state index is 9.32. The molecule has 1 rings (SSSR count). The molecule has 0 bridgehead atoms. The van der Waals surface area contributed by atoms with E-state index in [4.69, 9.17) is 4.74 Å². The molecule has 0 saturated carbocycles. The number of benzene rings is 1. The Morgan fingerprint density at radius 1 is 1.36 bits per heavy atom. The van der Waals surface area contributed by atoms with Crippen LogP contribution in [0.4, 0.5) is 0 Å². The van der Waals surface area contributed by atoms with Crippen molar-refractivity contribution in [1.29, 1.82) is 0 Å². The molecule has 0 heterocycles. The van der Waals surface area contributed by atoms with Gasteiger partial charge in [-0.05, 0) is 12.5 Å². The van der Waals surface area contributed by atoms with Gasteiger partial charge in [0.05, 0.1) is 19.3 Å². The summed E-state index contributed by atoms with van der Waals surface area (Å²) >= 11 is 0. The standard InChI is InChI=1S/C12H16O2/c1-2-6-12(13)10-14-9-11-7-4-3-5-8-11/h2-8,12-13H,9-10H2,1H3/b6-2-/t12-/m1/s1. The highest BCUT2D eigenvalue weighted by molar-refractivity contribution is 5.13. The van der Waals surface area contributed by atoms with Gasteiger partial charge in [0.1, 0.15) is 0 Å². The lowest BCUT2D eigenvalue weighted by atomic mass is 10.2. The molecule has 0 spiro atoms. The average Bonchev–Trinajstić information content (AvgIpc) is 2.20.